The molecule has 1 rings (SSSR count). The summed E-state index contributed by atoms with van der Waals surface area (Å²) in [5, 5.41) is 18.9. The van der Waals surface area contributed by atoms with Crippen LogP contribution in [0.4, 0.5) is 14.5 Å². The van der Waals surface area contributed by atoms with E-state index in [1.54, 1.807) is 0 Å². The van der Waals surface area contributed by atoms with Gasteiger partial charge in [-0.2, -0.15) is 5.26 Å². The normalized spacial score (nSPS) is 10.1. The van der Waals surface area contributed by atoms with E-state index in [1.165, 1.54) is 6.07 Å². The second-order valence-corrected chi connectivity index (χ2v) is 2.79. The molecule has 0 atom stereocenters. The summed E-state index contributed by atoms with van der Waals surface area (Å²) in [6, 6.07) is 1.51. The molecule has 0 aromatic carbocycles. The Morgan fingerprint density at radius 1 is 1.62 bits per heavy atom. The first-order valence-corrected chi connectivity index (χ1v) is 4.03. The van der Waals surface area contributed by atoms with E-state index in [9.17, 15) is 23.7 Å². The summed E-state index contributed by atoms with van der Waals surface area (Å²) in [6.07, 6.45) is -2.91. The van der Waals surface area contributed by atoms with Crippen LogP contribution >= 0.6 is 0 Å². The van der Waals surface area contributed by atoms with Crippen molar-refractivity contribution >= 4 is 5.69 Å². The average Bonchev–Trinajstić information content (AvgIpc) is 2.17. The van der Waals surface area contributed by atoms with Crippen LogP contribution in [0.25, 0.3) is 0 Å². The lowest BCUT2D eigenvalue weighted by atomic mass is 10.1. The minimum absolute atomic E-state index is 0.536. The third kappa shape index (κ3) is 2.03. The molecular formula is C8H5F2N3O3. The van der Waals surface area contributed by atoms with Gasteiger partial charge in [-0.1, -0.05) is 0 Å². The Labute approximate surface area is 87.3 Å². The topological polar surface area (TPSA) is 99.8 Å². The van der Waals surface area contributed by atoms with Crippen LogP contribution in [0, 0.1) is 21.4 Å². The maximum atomic E-state index is 12.5. The van der Waals surface area contributed by atoms with Crippen LogP contribution in [0.5, 0.6) is 0 Å². The van der Waals surface area contributed by atoms with E-state index in [-0.39, 0.29) is 0 Å². The molecule has 6 nitrogen and oxygen atoms in total. The first-order chi connectivity index (χ1) is 7.49. The van der Waals surface area contributed by atoms with Gasteiger partial charge in [0, 0.05) is 11.8 Å². The highest BCUT2D eigenvalue weighted by Gasteiger charge is 2.26. The molecule has 0 spiro atoms. The Bertz CT molecular complexity index is 518. The van der Waals surface area contributed by atoms with Crippen molar-refractivity contribution in [2.45, 2.75) is 12.8 Å². The van der Waals surface area contributed by atoms with Crippen molar-refractivity contribution in [3.05, 3.63) is 37.8 Å². The van der Waals surface area contributed by atoms with Gasteiger partial charge >= 0.3 is 11.2 Å². The van der Waals surface area contributed by atoms with Gasteiger partial charge in [0.2, 0.25) is 0 Å². The van der Waals surface area contributed by atoms with Crippen molar-refractivity contribution in [3.8, 4) is 6.07 Å². The SMILES string of the molecule is N#CCc1c(C(F)F)c[nH]c(=O)c1[N+](=O)[O-]. The first kappa shape index (κ1) is 11.8. The summed E-state index contributed by atoms with van der Waals surface area (Å²) in [5.41, 5.74) is -3.34. The third-order valence-corrected chi connectivity index (χ3v) is 1.88. The number of hydrogen-bond donors (Lipinski definition) is 1. The van der Waals surface area contributed by atoms with Crippen molar-refractivity contribution in [2.24, 2.45) is 0 Å². The highest BCUT2D eigenvalue weighted by molar-refractivity contribution is 5.44. The number of nitrogens with zero attached hydrogens (tertiary/aromatic N) is 2. The van der Waals surface area contributed by atoms with Crippen LogP contribution in [-0.4, -0.2) is 9.91 Å². The number of nitro groups is 1. The van der Waals surface area contributed by atoms with Gasteiger partial charge in [0.05, 0.1) is 23.0 Å². The van der Waals surface area contributed by atoms with E-state index in [4.69, 9.17) is 5.26 Å². The number of H-pyrrole nitrogens is 1. The van der Waals surface area contributed by atoms with Crippen LogP contribution in [0.15, 0.2) is 11.0 Å². The van der Waals surface area contributed by atoms with Gasteiger partial charge in [0.1, 0.15) is 0 Å². The first-order valence-electron chi connectivity index (χ1n) is 4.03. The van der Waals surface area contributed by atoms with Gasteiger partial charge < -0.3 is 4.98 Å². The Hall–Kier alpha value is -2.30. The van der Waals surface area contributed by atoms with E-state index in [0.717, 1.165) is 0 Å². The van der Waals surface area contributed by atoms with Crippen LogP contribution in [0.3, 0.4) is 0 Å². The average molecular weight is 229 g/mol. The standard InChI is InChI=1S/C8H5F2N3O3/c9-7(10)5-3-12-8(14)6(13(15)16)4(5)1-2-11/h3,7H,1H2,(H,12,14). The van der Waals surface area contributed by atoms with E-state index >= 15 is 0 Å². The molecule has 0 fully saturated rings. The van der Waals surface area contributed by atoms with Crippen molar-refractivity contribution in [3.63, 3.8) is 0 Å². The number of alkyl halides is 2. The summed E-state index contributed by atoms with van der Waals surface area (Å²) in [4.78, 5) is 22.4. The molecular weight excluding hydrogens is 224 g/mol. The maximum Gasteiger partial charge on any atom is 0.338 e. The van der Waals surface area contributed by atoms with Crippen molar-refractivity contribution in [1.29, 1.82) is 5.26 Å². The lowest BCUT2D eigenvalue weighted by Gasteiger charge is -2.04. The van der Waals surface area contributed by atoms with E-state index in [0.29, 0.717) is 6.20 Å². The van der Waals surface area contributed by atoms with Gasteiger partial charge in [-0.25, -0.2) is 8.78 Å². The Morgan fingerprint density at radius 2 is 2.25 bits per heavy atom. The van der Waals surface area contributed by atoms with Crippen LogP contribution in [-0.2, 0) is 6.42 Å². The van der Waals surface area contributed by atoms with Gasteiger partial charge in [0.15, 0.2) is 0 Å². The minimum Gasteiger partial charge on any atom is -0.323 e. The molecule has 1 N–H and O–H groups in total. The van der Waals surface area contributed by atoms with E-state index in [2.05, 4.69) is 0 Å². The zero-order valence-corrected chi connectivity index (χ0v) is 7.74. The van der Waals surface area contributed by atoms with Crippen LogP contribution in [0.2, 0.25) is 0 Å². The lowest BCUT2D eigenvalue weighted by molar-refractivity contribution is -0.387. The summed E-state index contributed by atoms with van der Waals surface area (Å²) >= 11 is 0. The summed E-state index contributed by atoms with van der Waals surface area (Å²) in [6.45, 7) is 0. The third-order valence-electron chi connectivity index (χ3n) is 1.88. The fourth-order valence-electron chi connectivity index (χ4n) is 1.23. The number of aromatic nitrogens is 1. The van der Waals surface area contributed by atoms with Crippen LogP contribution in [0.1, 0.15) is 17.6 Å². The quantitative estimate of drug-likeness (QED) is 0.623. The van der Waals surface area contributed by atoms with Gasteiger partial charge in [0.25, 0.3) is 6.43 Å². The highest BCUT2D eigenvalue weighted by Crippen LogP contribution is 2.26. The summed E-state index contributed by atoms with van der Waals surface area (Å²) in [7, 11) is 0. The van der Waals surface area contributed by atoms with Gasteiger partial charge in [-0.3, -0.25) is 14.9 Å². The van der Waals surface area contributed by atoms with Crippen LogP contribution < -0.4 is 5.56 Å². The molecule has 0 aliphatic rings. The molecule has 0 saturated heterocycles. The fourth-order valence-corrected chi connectivity index (χ4v) is 1.23. The monoisotopic (exact) mass is 229 g/mol. The molecule has 1 heterocycles. The molecule has 0 saturated carbocycles. The predicted molar refractivity (Wildman–Crippen MR) is 48.0 cm³/mol. The van der Waals surface area contributed by atoms with Crippen molar-refractivity contribution in [1.82, 2.24) is 4.98 Å². The number of nitriles is 1. The molecule has 8 heteroatoms. The number of hydrogen-bond acceptors (Lipinski definition) is 4. The maximum absolute atomic E-state index is 12.5. The lowest BCUT2D eigenvalue weighted by Crippen LogP contribution is -2.16. The molecule has 0 amide bonds. The Balaban J connectivity index is 3.57. The molecule has 1 aromatic heterocycles. The van der Waals surface area contributed by atoms with Crippen molar-refractivity contribution < 1.29 is 13.7 Å². The van der Waals surface area contributed by atoms with Gasteiger partial charge in [-0.05, 0) is 0 Å². The zero-order chi connectivity index (χ0) is 12.3. The fraction of sp³-hybridized carbons (Fsp3) is 0.250. The molecule has 16 heavy (non-hydrogen) atoms. The van der Waals surface area contributed by atoms with Gasteiger partial charge in [-0.15, -0.1) is 0 Å². The summed E-state index contributed by atoms with van der Waals surface area (Å²) in [5.74, 6) is 0. The largest absolute Gasteiger partial charge is 0.338 e. The Morgan fingerprint density at radius 3 is 2.69 bits per heavy atom. The smallest absolute Gasteiger partial charge is 0.323 e. The van der Waals surface area contributed by atoms with Crippen molar-refractivity contribution in [2.75, 3.05) is 0 Å². The summed E-state index contributed by atoms with van der Waals surface area (Å²) < 4.78 is 24.9. The molecule has 0 aliphatic heterocycles. The minimum atomic E-state index is -2.99. The molecule has 84 valence electrons. The Kier molecular flexibility index (Phi) is 3.30. The van der Waals surface area contributed by atoms with E-state index in [1.807, 2.05) is 4.98 Å². The number of aromatic amines is 1. The molecule has 0 unspecified atom stereocenters. The number of pyridine rings is 1. The number of rotatable bonds is 3. The molecule has 1 aromatic rings. The molecule has 0 bridgehead atoms. The number of nitrogens with one attached hydrogen (secondary N) is 1. The second-order valence-electron chi connectivity index (χ2n) is 2.79. The number of halogens is 2. The predicted octanol–water partition coefficient (Wildman–Crippen LogP) is 1.29. The highest BCUT2D eigenvalue weighted by atomic mass is 19.3. The molecule has 0 aliphatic carbocycles. The second kappa shape index (κ2) is 4.48. The molecule has 0 radical (unpaired) electrons. The zero-order valence-electron chi connectivity index (χ0n) is 7.74. The van der Waals surface area contributed by atoms with E-state index < -0.39 is 40.1 Å².